The van der Waals surface area contributed by atoms with Crippen molar-refractivity contribution < 1.29 is 40.5 Å². The van der Waals surface area contributed by atoms with Crippen LogP contribution in [0, 0.1) is 0 Å². The van der Waals surface area contributed by atoms with Crippen LogP contribution in [0.2, 0.25) is 0 Å². The molecule has 2 heterocycles. The summed E-state index contributed by atoms with van der Waals surface area (Å²) >= 11 is 0. The molecule has 0 aromatic carbocycles. The smallest absolute Gasteiger partial charge is 0.183 e. The quantitative estimate of drug-likeness (QED) is 0.256. The van der Waals surface area contributed by atoms with Gasteiger partial charge in [0.25, 0.3) is 0 Å². The van der Waals surface area contributed by atoms with Gasteiger partial charge in [-0.15, -0.1) is 0 Å². The molecule has 0 aromatic heterocycles. The largest absolute Gasteiger partial charge is 0.395 e. The molecular weight excluding hydrogens is 286 g/mol. The maximum atomic E-state index is 9.83. The van der Waals surface area contributed by atoms with Crippen molar-refractivity contribution in [3.05, 3.63) is 0 Å². The van der Waals surface area contributed by atoms with Crippen LogP contribution in [0.4, 0.5) is 0 Å². The molecule has 0 bridgehead atoms. The van der Waals surface area contributed by atoms with Crippen LogP contribution in [0.25, 0.3) is 0 Å². The predicted molar refractivity (Wildman–Crippen MR) is 67.9 cm³/mol. The van der Waals surface area contributed by atoms with E-state index < -0.39 is 55.0 Å². The van der Waals surface area contributed by atoms with E-state index in [0.29, 0.717) is 0 Å². The number of hydrogen-bond donors (Lipinski definition) is 8. The first-order valence-electron chi connectivity index (χ1n) is 6.97. The van der Waals surface area contributed by atoms with Gasteiger partial charge in [-0.1, -0.05) is 0 Å². The second-order valence-corrected chi connectivity index (χ2v) is 5.66. The van der Waals surface area contributed by atoms with Gasteiger partial charge >= 0.3 is 0 Å². The van der Waals surface area contributed by atoms with Crippen molar-refractivity contribution in [1.82, 2.24) is 5.32 Å². The summed E-state index contributed by atoms with van der Waals surface area (Å²) < 4.78 is 5.03. The molecule has 0 spiro atoms. The molecule has 8 N–H and O–H groups in total. The molecule has 0 amide bonds. The van der Waals surface area contributed by atoms with E-state index >= 15 is 0 Å². The third-order valence-electron chi connectivity index (χ3n) is 4.25. The van der Waals surface area contributed by atoms with E-state index in [1.807, 2.05) is 0 Å². The molecule has 0 aliphatic carbocycles. The van der Waals surface area contributed by atoms with Crippen LogP contribution in [0.5, 0.6) is 0 Å². The maximum absolute atomic E-state index is 9.83. The fraction of sp³-hybridized carbons (Fsp3) is 1.00. The highest BCUT2D eigenvalue weighted by atomic mass is 16.6. The topological polar surface area (TPSA) is 163 Å². The van der Waals surface area contributed by atoms with E-state index in [1.54, 1.807) is 0 Å². The molecule has 0 aromatic rings. The first-order valence-corrected chi connectivity index (χ1v) is 6.97. The van der Waals surface area contributed by atoms with Crippen LogP contribution in [0.15, 0.2) is 0 Å². The zero-order valence-corrected chi connectivity index (χ0v) is 11.4. The molecule has 2 fully saturated rings. The van der Waals surface area contributed by atoms with Crippen LogP contribution in [-0.2, 0) is 4.74 Å². The summed E-state index contributed by atoms with van der Waals surface area (Å²) in [5, 5.41) is 69.6. The Hall–Kier alpha value is -0.360. The third-order valence-corrected chi connectivity index (χ3v) is 4.25. The third kappa shape index (κ3) is 3.36. The van der Waals surface area contributed by atoms with Crippen LogP contribution in [-0.4, -0.2) is 97.4 Å². The van der Waals surface area contributed by atoms with Crippen molar-refractivity contribution in [3.8, 4) is 0 Å². The minimum absolute atomic E-state index is 0.182. The fourth-order valence-electron chi connectivity index (χ4n) is 2.88. The average molecular weight is 309 g/mol. The number of hydrogen-bond acceptors (Lipinski definition) is 9. The molecule has 0 saturated carbocycles. The molecule has 21 heavy (non-hydrogen) atoms. The predicted octanol–water partition coefficient (Wildman–Crippen LogP) is -4.38. The lowest BCUT2D eigenvalue weighted by atomic mass is 9.93. The Labute approximate surface area is 121 Å². The van der Waals surface area contributed by atoms with Gasteiger partial charge in [0, 0.05) is 6.04 Å². The van der Waals surface area contributed by atoms with E-state index in [1.165, 1.54) is 0 Å². The SMILES string of the molecule is OC[C@@H]1N[C@H](CC[C@H]2OC(O)[C@H](O)[C@@H](O)[C@H]2O)[C@@H](O)[C@@H]1O. The van der Waals surface area contributed by atoms with Crippen molar-refractivity contribution in [2.24, 2.45) is 0 Å². The molecule has 2 aliphatic heterocycles. The molecule has 9 heteroatoms. The van der Waals surface area contributed by atoms with Gasteiger partial charge in [-0.25, -0.2) is 0 Å². The summed E-state index contributed by atoms with van der Waals surface area (Å²) in [6.45, 7) is -0.319. The Kier molecular flexibility index (Phi) is 5.52. The van der Waals surface area contributed by atoms with E-state index in [9.17, 15) is 30.6 Å². The van der Waals surface area contributed by atoms with Gasteiger partial charge in [0.2, 0.25) is 0 Å². The Morgan fingerprint density at radius 3 is 1.90 bits per heavy atom. The minimum atomic E-state index is -1.59. The number of ether oxygens (including phenoxy) is 1. The summed E-state index contributed by atoms with van der Waals surface area (Å²) in [4.78, 5) is 0. The van der Waals surface area contributed by atoms with Gasteiger partial charge in [-0.2, -0.15) is 0 Å². The lowest BCUT2D eigenvalue weighted by Gasteiger charge is -2.38. The van der Waals surface area contributed by atoms with Crippen LogP contribution >= 0.6 is 0 Å². The zero-order chi connectivity index (χ0) is 15.7. The molecule has 1 unspecified atom stereocenters. The highest BCUT2D eigenvalue weighted by molar-refractivity contribution is 4.98. The molecular formula is C12H23NO8. The van der Waals surface area contributed by atoms with Crippen molar-refractivity contribution >= 4 is 0 Å². The number of aliphatic hydroxyl groups excluding tert-OH is 7. The lowest BCUT2D eigenvalue weighted by Crippen LogP contribution is -2.57. The first-order chi connectivity index (χ1) is 9.86. The van der Waals surface area contributed by atoms with Crippen LogP contribution in [0.1, 0.15) is 12.8 Å². The van der Waals surface area contributed by atoms with Gasteiger partial charge in [-0.05, 0) is 12.8 Å². The second kappa shape index (κ2) is 6.82. The number of rotatable bonds is 4. The van der Waals surface area contributed by atoms with E-state index in [4.69, 9.17) is 9.84 Å². The highest BCUT2D eigenvalue weighted by Gasteiger charge is 2.44. The summed E-state index contributed by atoms with van der Waals surface area (Å²) in [5.74, 6) is 0. The van der Waals surface area contributed by atoms with Crippen molar-refractivity contribution in [2.45, 2.75) is 67.8 Å². The average Bonchev–Trinajstić information content (AvgIpc) is 2.75. The Morgan fingerprint density at radius 1 is 0.714 bits per heavy atom. The molecule has 124 valence electrons. The maximum Gasteiger partial charge on any atom is 0.183 e. The first kappa shape index (κ1) is 17.0. The second-order valence-electron chi connectivity index (χ2n) is 5.66. The number of nitrogens with one attached hydrogen (secondary N) is 1. The monoisotopic (exact) mass is 309 g/mol. The van der Waals surface area contributed by atoms with E-state index in [0.717, 1.165) is 0 Å². The lowest BCUT2D eigenvalue weighted by molar-refractivity contribution is -0.283. The normalized spacial score (nSPS) is 51.3. The van der Waals surface area contributed by atoms with Crippen molar-refractivity contribution in [2.75, 3.05) is 6.61 Å². The summed E-state index contributed by atoms with van der Waals surface area (Å²) in [6.07, 6.45) is -8.64. The minimum Gasteiger partial charge on any atom is -0.395 e. The standard InChI is InChI=1S/C12H23NO8/c14-3-5-8(16)7(15)4(13-5)1-2-6-9(17)10(18)11(19)12(20)21-6/h4-20H,1-3H2/t4-,5+,6-,7-,8-,9+,10+,11-,12?/m1/s1. The van der Waals surface area contributed by atoms with Gasteiger partial charge < -0.3 is 45.8 Å². The molecule has 2 aliphatic rings. The van der Waals surface area contributed by atoms with Crippen molar-refractivity contribution in [3.63, 3.8) is 0 Å². The van der Waals surface area contributed by atoms with Crippen molar-refractivity contribution in [1.29, 1.82) is 0 Å². The van der Waals surface area contributed by atoms with Gasteiger partial charge in [0.05, 0.1) is 31.0 Å². The summed E-state index contributed by atoms with van der Waals surface area (Å²) in [7, 11) is 0. The van der Waals surface area contributed by atoms with Gasteiger partial charge in [-0.3, -0.25) is 0 Å². The summed E-state index contributed by atoms with van der Waals surface area (Å²) in [6, 6.07) is -1.13. The Balaban J connectivity index is 1.88. The molecule has 2 rings (SSSR count). The fourth-order valence-corrected chi connectivity index (χ4v) is 2.88. The highest BCUT2D eigenvalue weighted by Crippen LogP contribution is 2.25. The number of aliphatic hydroxyl groups is 7. The van der Waals surface area contributed by atoms with Crippen LogP contribution in [0.3, 0.4) is 0 Å². The Bertz CT molecular complexity index is 345. The Morgan fingerprint density at radius 2 is 1.33 bits per heavy atom. The van der Waals surface area contributed by atoms with Gasteiger partial charge in [0.1, 0.15) is 18.3 Å². The van der Waals surface area contributed by atoms with E-state index in [2.05, 4.69) is 5.32 Å². The van der Waals surface area contributed by atoms with Gasteiger partial charge in [0.15, 0.2) is 6.29 Å². The summed E-state index contributed by atoms with van der Waals surface area (Å²) in [5.41, 5.74) is 0. The van der Waals surface area contributed by atoms with Crippen LogP contribution < -0.4 is 5.32 Å². The molecule has 2 saturated heterocycles. The molecule has 0 radical (unpaired) electrons. The molecule has 9 nitrogen and oxygen atoms in total. The van der Waals surface area contributed by atoms with E-state index in [-0.39, 0.29) is 19.4 Å². The zero-order valence-electron chi connectivity index (χ0n) is 11.4. The molecule has 9 atom stereocenters.